The average Bonchev–Trinajstić information content (AvgIpc) is 3.71. The Morgan fingerprint density at radius 1 is 1.05 bits per heavy atom. The number of nitrogens with zero attached hydrogens (tertiary/aromatic N) is 5. The van der Waals surface area contributed by atoms with E-state index in [1.807, 2.05) is 13.0 Å². The van der Waals surface area contributed by atoms with Crippen molar-refractivity contribution in [3.8, 4) is 6.01 Å². The maximum Gasteiger partial charge on any atom is 0.318 e. The summed E-state index contributed by atoms with van der Waals surface area (Å²) in [6, 6.07) is 11.5. The van der Waals surface area contributed by atoms with E-state index in [1.54, 1.807) is 6.07 Å². The van der Waals surface area contributed by atoms with Crippen LogP contribution in [0.2, 0.25) is 0 Å². The molecule has 4 fully saturated rings. The van der Waals surface area contributed by atoms with Crippen LogP contribution >= 0.6 is 0 Å². The van der Waals surface area contributed by atoms with Gasteiger partial charge in [0, 0.05) is 54.4 Å². The first kappa shape index (κ1) is 27.5. The molecule has 3 aromatic rings. The van der Waals surface area contributed by atoms with E-state index in [0.29, 0.717) is 37.7 Å². The molecule has 6 heterocycles. The molecule has 43 heavy (non-hydrogen) atoms. The van der Waals surface area contributed by atoms with Crippen LogP contribution in [-0.4, -0.2) is 83.0 Å². The smallest absolute Gasteiger partial charge is 0.318 e. The summed E-state index contributed by atoms with van der Waals surface area (Å²) in [5.74, 6) is 0.904. The van der Waals surface area contributed by atoms with Crippen LogP contribution in [0.3, 0.4) is 0 Å². The van der Waals surface area contributed by atoms with Crippen LogP contribution in [0.1, 0.15) is 62.3 Å². The highest BCUT2D eigenvalue weighted by molar-refractivity contribution is 5.97. The minimum Gasteiger partial charge on any atom is -0.461 e. The number of fused-ring (bicyclic) bond motifs is 5. The zero-order valence-electron chi connectivity index (χ0n) is 25.2. The summed E-state index contributed by atoms with van der Waals surface area (Å²) in [5, 5.41) is 15.8. The van der Waals surface area contributed by atoms with E-state index in [0.717, 1.165) is 91.8 Å². The molecule has 0 amide bonds. The van der Waals surface area contributed by atoms with Crippen molar-refractivity contribution in [2.75, 3.05) is 49.2 Å². The average molecular weight is 587 g/mol. The summed E-state index contributed by atoms with van der Waals surface area (Å²) in [5.41, 5.74) is 4.07. The first-order valence-corrected chi connectivity index (χ1v) is 16.4. The molecule has 0 saturated carbocycles. The van der Waals surface area contributed by atoms with E-state index < -0.39 is 0 Å². The van der Waals surface area contributed by atoms with E-state index >= 15 is 0 Å². The molecular weight excluding hydrogens is 543 g/mol. The summed E-state index contributed by atoms with van der Waals surface area (Å²) in [6.07, 6.45) is 8.21. The highest BCUT2D eigenvalue weighted by atomic mass is 19.1. The van der Waals surface area contributed by atoms with Gasteiger partial charge in [-0.3, -0.25) is 4.90 Å². The third kappa shape index (κ3) is 4.66. The largest absolute Gasteiger partial charge is 0.461 e. The molecule has 2 aromatic carbocycles. The van der Waals surface area contributed by atoms with Crippen molar-refractivity contribution in [1.82, 2.24) is 20.2 Å². The summed E-state index contributed by atoms with van der Waals surface area (Å²) < 4.78 is 21.5. The third-order valence-corrected chi connectivity index (χ3v) is 11.0. The van der Waals surface area contributed by atoms with Crippen molar-refractivity contribution in [1.29, 1.82) is 0 Å². The number of ether oxygens (including phenoxy) is 1. The van der Waals surface area contributed by atoms with Gasteiger partial charge in [0.05, 0.1) is 24.4 Å². The summed E-state index contributed by atoms with van der Waals surface area (Å²) in [7, 11) is 0. The van der Waals surface area contributed by atoms with Gasteiger partial charge in [-0.25, -0.2) is 4.39 Å². The topological polar surface area (TPSA) is 77.0 Å². The van der Waals surface area contributed by atoms with E-state index in [9.17, 15) is 9.50 Å². The Balaban J connectivity index is 1.14. The van der Waals surface area contributed by atoms with Crippen molar-refractivity contribution in [3.05, 3.63) is 53.0 Å². The molecule has 8 rings (SSSR count). The lowest BCUT2D eigenvalue weighted by Crippen LogP contribution is -2.52. The SMILES string of the molecule is CCc1c(F)ccc2cccc(N3CCc4c(nc(OCC56CCCN5[C@@H](CO)CC6)nc4N4CC5CCC(C4)N5)C3)c12. The number of aliphatic hydroxyl groups excluding tert-OH is 1. The van der Waals surface area contributed by atoms with Gasteiger partial charge >= 0.3 is 6.01 Å². The van der Waals surface area contributed by atoms with Gasteiger partial charge in [0.15, 0.2) is 0 Å². The van der Waals surface area contributed by atoms with E-state index in [2.05, 4.69) is 38.2 Å². The number of hydrogen-bond donors (Lipinski definition) is 2. The zero-order chi connectivity index (χ0) is 29.1. The Morgan fingerprint density at radius 2 is 1.91 bits per heavy atom. The lowest BCUT2D eigenvalue weighted by atomic mass is 9.95. The molecule has 5 aliphatic rings. The molecule has 1 aromatic heterocycles. The number of hydrogen-bond acceptors (Lipinski definition) is 8. The molecule has 2 N–H and O–H groups in total. The minimum atomic E-state index is -0.135. The quantitative estimate of drug-likeness (QED) is 0.427. The predicted octanol–water partition coefficient (Wildman–Crippen LogP) is 4.20. The van der Waals surface area contributed by atoms with Crippen molar-refractivity contribution in [3.63, 3.8) is 0 Å². The van der Waals surface area contributed by atoms with E-state index in [-0.39, 0.29) is 24.0 Å². The molecular formula is C34H43FN6O2. The fraction of sp³-hybridized carbons (Fsp3) is 0.588. The van der Waals surface area contributed by atoms with Crippen molar-refractivity contribution in [2.24, 2.45) is 0 Å². The summed E-state index contributed by atoms with van der Waals surface area (Å²) >= 11 is 0. The Morgan fingerprint density at radius 3 is 2.72 bits per heavy atom. The molecule has 4 atom stereocenters. The Bertz CT molecular complexity index is 1520. The molecule has 3 unspecified atom stereocenters. The van der Waals surface area contributed by atoms with Crippen LogP contribution in [0.25, 0.3) is 10.8 Å². The van der Waals surface area contributed by atoms with Gasteiger partial charge in [-0.2, -0.15) is 9.97 Å². The number of benzene rings is 2. The highest BCUT2D eigenvalue weighted by Crippen LogP contribution is 2.43. The van der Waals surface area contributed by atoms with E-state index in [4.69, 9.17) is 14.7 Å². The number of halogens is 1. The zero-order valence-corrected chi connectivity index (χ0v) is 25.2. The van der Waals surface area contributed by atoms with Gasteiger partial charge in [-0.15, -0.1) is 0 Å². The molecule has 228 valence electrons. The van der Waals surface area contributed by atoms with Crippen molar-refractivity contribution in [2.45, 2.75) is 88.5 Å². The Kier molecular flexibility index (Phi) is 6.95. The standard InChI is InChI=1S/C34H43FN6O2/c1-2-26-28(35)10-7-22-5-3-6-30(31(22)26)39-16-12-27-29(19-39)37-33(38-32(27)40-17-23-8-9-24(18-40)36-23)43-21-34-13-4-15-41(34)25(20-42)11-14-34/h3,5-7,10,23-25,36,42H,2,4,8-9,11-21H2,1H3/t23?,24?,25-,34?/m1/s1. The van der Waals surface area contributed by atoms with Crippen LogP contribution in [0, 0.1) is 5.82 Å². The molecule has 0 radical (unpaired) electrons. The second-order valence-corrected chi connectivity index (χ2v) is 13.4. The van der Waals surface area contributed by atoms with Gasteiger partial charge < -0.3 is 25.0 Å². The number of rotatable bonds is 7. The lowest BCUT2D eigenvalue weighted by Gasteiger charge is -2.38. The molecule has 9 heteroatoms. The van der Waals surface area contributed by atoms with E-state index in [1.165, 1.54) is 18.4 Å². The lowest BCUT2D eigenvalue weighted by molar-refractivity contribution is 0.0642. The molecule has 2 bridgehead atoms. The molecule has 8 nitrogen and oxygen atoms in total. The number of aliphatic hydroxyl groups is 1. The van der Waals surface area contributed by atoms with Crippen LogP contribution in [0.4, 0.5) is 15.9 Å². The van der Waals surface area contributed by atoms with Crippen molar-refractivity contribution >= 4 is 22.3 Å². The summed E-state index contributed by atoms with van der Waals surface area (Å²) in [6.45, 7) is 7.21. The maximum absolute atomic E-state index is 15.0. The van der Waals surface area contributed by atoms with Gasteiger partial charge in [0.25, 0.3) is 0 Å². The van der Waals surface area contributed by atoms with Gasteiger partial charge in [-0.1, -0.05) is 25.1 Å². The Labute approximate surface area is 253 Å². The first-order chi connectivity index (χ1) is 21.0. The summed E-state index contributed by atoms with van der Waals surface area (Å²) in [4.78, 5) is 17.5. The van der Waals surface area contributed by atoms with Crippen molar-refractivity contribution < 1.29 is 14.2 Å². The fourth-order valence-corrected chi connectivity index (χ4v) is 8.91. The van der Waals surface area contributed by atoms with Crippen LogP contribution in [-0.2, 0) is 19.4 Å². The predicted molar refractivity (Wildman–Crippen MR) is 167 cm³/mol. The number of nitrogens with one attached hydrogen (secondary N) is 1. The Hall–Kier alpha value is -3.01. The highest BCUT2D eigenvalue weighted by Gasteiger charge is 2.49. The van der Waals surface area contributed by atoms with Crippen LogP contribution < -0.4 is 19.9 Å². The molecule has 5 aliphatic heterocycles. The van der Waals surface area contributed by atoms with Gasteiger partial charge in [0.1, 0.15) is 18.2 Å². The number of aromatic nitrogens is 2. The maximum atomic E-state index is 15.0. The number of anilines is 2. The monoisotopic (exact) mass is 586 g/mol. The van der Waals surface area contributed by atoms with Gasteiger partial charge in [0.2, 0.25) is 0 Å². The second kappa shape index (κ2) is 10.9. The minimum absolute atomic E-state index is 0.0312. The first-order valence-electron chi connectivity index (χ1n) is 16.4. The number of aryl methyl sites for hydroxylation is 1. The third-order valence-electron chi connectivity index (χ3n) is 11.0. The molecule has 0 aliphatic carbocycles. The van der Waals surface area contributed by atoms with Gasteiger partial charge in [-0.05, 0) is 81.0 Å². The fourth-order valence-electron chi connectivity index (χ4n) is 8.91. The molecule has 0 spiro atoms. The second-order valence-electron chi connectivity index (χ2n) is 13.4. The normalized spacial score (nSPS) is 28.5. The van der Waals surface area contributed by atoms with Crippen LogP contribution in [0.5, 0.6) is 6.01 Å². The molecule has 4 saturated heterocycles. The number of piperazine rings is 1. The van der Waals surface area contributed by atoms with Crippen LogP contribution in [0.15, 0.2) is 30.3 Å².